The maximum atomic E-state index is 11.2. The van der Waals surface area contributed by atoms with E-state index >= 15 is 0 Å². The number of allylic oxidation sites excluding steroid dienone is 1. The van der Waals surface area contributed by atoms with E-state index in [0.29, 0.717) is 19.6 Å². The molecule has 1 unspecified atom stereocenters. The number of carboxylic acids is 1. The van der Waals surface area contributed by atoms with Gasteiger partial charge in [-0.1, -0.05) is 60.7 Å². The lowest BCUT2D eigenvalue weighted by Gasteiger charge is -2.12. The highest BCUT2D eigenvalue weighted by atomic mass is 16.5. The molecule has 32 heavy (non-hydrogen) atoms. The van der Waals surface area contributed by atoms with Gasteiger partial charge in [0.05, 0.1) is 0 Å². The summed E-state index contributed by atoms with van der Waals surface area (Å²) in [6.45, 7) is 6.83. The predicted octanol–water partition coefficient (Wildman–Crippen LogP) is 6.18. The number of carboxylic acid groups (broad SMARTS) is 1. The van der Waals surface area contributed by atoms with Crippen molar-refractivity contribution in [2.45, 2.75) is 33.3 Å². The van der Waals surface area contributed by atoms with Crippen LogP contribution in [0.5, 0.6) is 5.75 Å². The molecule has 0 aromatic heterocycles. The average molecular weight is 431 g/mol. The molecular formula is C28H30O4. The molecule has 1 N–H and O–H groups in total. The normalized spacial score (nSPS) is 12.4. The van der Waals surface area contributed by atoms with Crippen LogP contribution in [0.1, 0.15) is 30.5 Å². The average Bonchev–Trinajstić information content (AvgIpc) is 2.80. The van der Waals surface area contributed by atoms with Crippen molar-refractivity contribution in [1.29, 1.82) is 0 Å². The summed E-state index contributed by atoms with van der Waals surface area (Å²) in [5, 5.41) is 9.21. The molecule has 0 aliphatic heterocycles. The minimum Gasteiger partial charge on any atom is -0.490 e. The first kappa shape index (κ1) is 23.3. The van der Waals surface area contributed by atoms with Gasteiger partial charge in [0.1, 0.15) is 12.4 Å². The standard InChI is InChI=1S/C28H30O4/c1-4-31-27(28(29)30)19-22-9-15-25(16-10-22)32-18-17-20(2)23-11-13-24(14-12-23)26-8-6-5-7-21(26)3/h5-17,27H,4,18-19H2,1-3H3,(H,29,30). The van der Waals surface area contributed by atoms with Gasteiger partial charge in [0.15, 0.2) is 6.10 Å². The summed E-state index contributed by atoms with van der Waals surface area (Å²) >= 11 is 0. The molecule has 0 saturated carbocycles. The molecule has 0 saturated heterocycles. The molecule has 0 radical (unpaired) electrons. The van der Waals surface area contributed by atoms with E-state index in [-0.39, 0.29) is 0 Å². The number of benzene rings is 3. The minimum atomic E-state index is -0.945. The van der Waals surface area contributed by atoms with Crippen LogP contribution in [0.15, 0.2) is 78.9 Å². The molecule has 3 rings (SSSR count). The monoisotopic (exact) mass is 430 g/mol. The molecule has 0 aliphatic carbocycles. The molecule has 1 atom stereocenters. The quantitative estimate of drug-likeness (QED) is 0.417. The fraction of sp³-hybridized carbons (Fsp3) is 0.250. The van der Waals surface area contributed by atoms with E-state index in [0.717, 1.165) is 22.4 Å². The largest absolute Gasteiger partial charge is 0.490 e. The van der Waals surface area contributed by atoms with E-state index in [9.17, 15) is 9.90 Å². The van der Waals surface area contributed by atoms with Gasteiger partial charge in [0.25, 0.3) is 0 Å². The fourth-order valence-electron chi connectivity index (χ4n) is 3.54. The van der Waals surface area contributed by atoms with Gasteiger partial charge >= 0.3 is 5.97 Å². The topological polar surface area (TPSA) is 55.8 Å². The number of aliphatic carboxylic acids is 1. The number of ether oxygens (including phenoxy) is 2. The Balaban J connectivity index is 1.56. The third-order valence-corrected chi connectivity index (χ3v) is 5.42. The Morgan fingerprint density at radius 2 is 1.69 bits per heavy atom. The van der Waals surface area contributed by atoms with Gasteiger partial charge in [-0.25, -0.2) is 4.79 Å². The van der Waals surface area contributed by atoms with Crippen molar-refractivity contribution in [3.63, 3.8) is 0 Å². The molecule has 4 nitrogen and oxygen atoms in total. The molecule has 0 amide bonds. The Labute approximate surface area is 190 Å². The highest BCUT2D eigenvalue weighted by Gasteiger charge is 2.17. The van der Waals surface area contributed by atoms with E-state index in [2.05, 4.69) is 68.5 Å². The number of aryl methyl sites for hydroxylation is 1. The second-order valence-electron chi connectivity index (χ2n) is 7.72. The van der Waals surface area contributed by atoms with Crippen LogP contribution in [-0.2, 0) is 16.0 Å². The summed E-state index contributed by atoms with van der Waals surface area (Å²) in [5.41, 5.74) is 6.95. The third-order valence-electron chi connectivity index (χ3n) is 5.42. The highest BCUT2D eigenvalue weighted by molar-refractivity contribution is 5.73. The van der Waals surface area contributed by atoms with Crippen LogP contribution in [0, 0.1) is 6.92 Å². The van der Waals surface area contributed by atoms with Crippen molar-refractivity contribution in [2.75, 3.05) is 13.2 Å². The predicted molar refractivity (Wildman–Crippen MR) is 129 cm³/mol. The SMILES string of the molecule is CCOC(Cc1ccc(OCC=C(C)c2ccc(-c3ccccc3C)cc2)cc1)C(=O)O. The molecular weight excluding hydrogens is 400 g/mol. The zero-order chi connectivity index (χ0) is 22.9. The first-order chi connectivity index (χ1) is 15.5. The summed E-state index contributed by atoms with van der Waals surface area (Å²) in [6, 6.07) is 24.5. The van der Waals surface area contributed by atoms with E-state index in [1.54, 1.807) is 6.92 Å². The Kier molecular flexibility index (Phi) is 8.23. The van der Waals surface area contributed by atoms with Crippen molar-refractivity contribution in [1.82, 2.24) is 0 Å². The number of rotatable bonds is 10. The van der Waals surface area contributed by atoms with Crippen LogP contribution in [0.2, 0.25) is 0 Å². The van der Waals surface area contributed by atoms with Crippen molar-refractivity contribution in [3.8, 4) is 16.9 Å². The Bertz CT molecular complexity index is 1050. The molecule has 0 aliphatic rings. The van der Waals surface area contributed by atoms with Crippen LogP contribution in [-0.4, -0.2) is 30.4 Å². The summed E-state index contributed by atoms with van der Waals surface area (Å²) < 4.78 is 11.1. The smallest absolute Gasteiger partial charge is 0.333 e. The van der Waals surface area contributed by atoms with Crippen LogP contribution in [0.25, 0.3) is 16.7 Å². The molecule has 4 heteroatoms. The first-order valence-electron chi connectivity index (χ1n) is 10.9. The van der Waals surface area contributed by atoms with Gasteiger partial charge in [-0.15, -0.1) is 0 Å². The lowest BCUT2D eigenvalue weighted by molar-refractivity contribution is -0.149. The van der Waals surface area contributed by atoms with Crippen LogP contribution in [0.3, 0.4) is 0 Å². The molecule has 0 spiro atoms. The van der Waals surface area contributed by atoms with Gasteiger partial charge in [-0.3, -0.25) is 0 Å². The molecule has 0 bridgehead atoms. The fourth-order valence-corrected chi connectivity index (χ4v) is 3.54. The summed E-state index contributed by atoms with van der Waals surface area (Å²) in [5.74, 6) is -0.198. The van der Waals surface area contributed by atoms with Crippen molar-refractivity contribution in [3.05, 3.63) is 95.6 Å². The van der Waals surface area contributed by atoms with Crippen LogP contribution >= 0.6 is 0 Å². The minimum absolute atomic E-state index is 0.334. The highest BCUT2D eigenvalue weighted by Crippen LogP contribution is 2.25. The lowest BCUT2D eigenvalue weighted by atomic mass is 9.98. The third kappa shape index (κ3) is 6.32. The maximum absolute atomic E-state index is 11.2. The molecule has 0 fully saturated rings. The van der Waals surface area contributed by atoms with Gasteiger partial charge in [0.2, 0.25) is 0 Å². The first-order valence-corrected chi connectivity index (χ1v) is 10.9. The summed E-state index contributed by atoms with van der Waals surface area (Å²) in [4.78, 5) is 11.2. The van der Waals surface area contributed by atoms with Crippen molar-refractivity contribution in [2.24, 2.45) is 0 Å². The van der Waals surface area contributed by atoms with Crippen LogP contribution < -0.4 is 4.74 Å². The van der Waals surface area contributed by atoms with Crippen molar-refractivity contribution < 1.29 is 19.4 Å². The number of hydrogen-bond donors (Lipinski definition) is 1. The molecule has 0 heterocycles. The molecule has 3 aromatic carbocycles. The van der Waals surface area contributed by atoms with E-state index in [1.165, 1.54) is 16.7 Å². The zero-order valence-corrected chi connectivity index (χ0v) is 18.9. The van der Waals surface area contributed by atoms with E-state index in [1.807, 2.05) is 24.3 Å². The second-order valence-corrected chi connectivity index (χ2v) is 7.72. The van der Waals surface area contributed by atoms with E-state index in [4.69, 9.17) is 9.47 Å². The van der Waals surface area contributed by atoms with Gasteiger partial charge < -0.3 is 14.6 Å². The van der Waals surface area contributed by atoms with Crippen molar-refractivity contribution >= 4 is 11.5 Å². The summed E-state index contributed by atoms with van der Waals surface area (Å²) in [6.07, 6.45) is 1.57. The van der Waals surface area contributed by atoms with Gasteiger partial charge in [-0.05, 0) is 72.4 Å². The Morgan fingerprint density at radius 1 is 1.00 bits per heavy atom. The van der Waals surface area contributed by atoms with Gasteiger partial charge in [-0.2, -0.15) is 0 Å². The Morgan fingerprint density at radius 3 is 2.31 bits per heavy atom. The van der Waals surface area contributed by atoms with Crippen LogP contribution in [0.4, 0.5) is 0 Å². The van der Waals surface area contributed by atoms with E-state index < -0.39 is 12.1 Å². The lowest BCUT2D eigenvalue weighted by Crippen LogP contribution is -2.26. The zero-order valence-electron chi connectivity index (χ0n) is 18.9. The molecule has 3 aromatic rings. The second kappa shape index (κ2) is 11.3. The maximum Gasteiger partial charge on any atom is 0.333 e. The number of carbonyl (C=O) groups is 1. The number of hydrogen-bond acceptors (Lipinski definition) is 3. The van der Waals surface area contributed by atoms with Gasteiger partial charge in [0, 0.05) is 13.0 Å². The summed E-state index contributed by atoms with van der Waals surface area (Å²) in [7, 11) is 0. The molecule has 166 valence electrons. The Hall–Kier alpha value is -3.37.